The lowest BCUT2D eigenvalue weighted by atomic mass is 9.87. The van der Waals surface area contributed by atoms with Crippen molar-refractivity contribution in [3.63, 3.8) is 0 Å². The Morgan fingerprint density at radius 2 is 2.00 bits per heavy atom. The largest absolute Gasteiger partial charge is 0.463 e. The van der Waals surface area contributed by atoms with E-state index in [9.17, 15) is 19.5 Å². The molecule has 4 heterocycles. The number of hydrogen-bond donors (Lipinski definition) is 1. The average molecular weight is 506 g/mol. The van der Waals surface area contributed by atoms with Gasteiger partial charge in [0.15, 0.2) is 5.60 Å². The Morgan fingerprint density at radius 3 is 2.70 bits per heavy atom. The summed E-state index contributed by atoms with van der Waals surface area (Å²) in [7, 11) is 1.69. The number of aromatic nitrogens is 2. The van der Waals surface area contributed by atoms with Crippen molar-refractivity contribution >= 4 is 23.0 Å². The number of carbonyl (C=O) groups excluding carboxylic acids is 2. The van der Waals surface area contributed by atoms with Crippen LogP contribution in [0.15, 0.2) is 29.1 Å². The van der Waals surface area contributed by atoms with E-state index in [-0.39, 0.29) is 25.0 Å². The van der Waals surface area contributed by atoms with Crippen LogP contribution in [0.1, 0.15) is 55.9 Å². The quantitative estimate of drug-likeness (QED) is 0.413. The van der Waals surface area contributed by atoms with E-state index in [1.54, 1.807) is 36.7 Å². The SMILES string of the molecule is CCCN(C)C(=O)Oc1ccc2c(CC)c3c(nc2c1)-c1cc2c(c(=O)n1C3)CCOC(=O)[C@@]2(O)CC. The summed E-state index contributed by atoms with van der Waals surface area (Å²) in [5.41, 5.74) is 2.40. The molecule has 2 aliphatic heterocycles. The fourth-order valence-corrected chi connectivity index (χ4v) is 5.43. The number of esters is 1. The monoisotopic (exact) mass is 505 g/mol. The van der Waals surface area contributed by atoms with E-state index in [0.717, 1.165) is 22.9 Å². The van der Waals surface area contributed by atoms with Gasteiger partial charge in [0.1, 0.15) is 5.75 Å². The lowest BCUT2D eigenvalue weighted by Gasteiger charge is -2.25. The van der Waals surface area contributed by atoms with Crippen molar-refractivity contribution in [1.29, 1.82) is 0 Å². The zero-order valence-corrected chi connectivity index (χ0v) is 21.6. The van der Waals surface area contributed by atoms with Crippen molar-refractivity contribution in [3.05, 3.63) is 56.9 Å². The molecule has 2 aromatic heterocycles. The lowest BCUT2D eigenvalue weighted by molar-refractivity contribution is -0.166. The Labute approximate surface area is 214 Å². The molecule has 37 heavy (non-hydrogen) atoms. The molecule has 0 spiro atoms. The number of cyclic esters (lactones) is 1. The normalized spacial score (nSPS) is 18.0. The van der Waals surface area contributed by atoms with Gasteiger partial charge in [0, 0.05) is 48.2 Å². The van der Waals surface area contributed by atoms with E-state index in [1.165, 1.54) is 4.90 Å². The Hall–Kier alpha value is -3.72. The minimum atomic E-state index is -1.89. The molecule has 1 aromatic carbocycles. The summed E-state index contributed by atoms with van der Waals surface area (Å²) in [5.74, 6) is -0.355. The van der Waals surface area contributed by atoms with Gasteiger partial charge in [-0.1, -0.05) is 20.8 Å². The molecule has 5 rings (SSSR count). The van der Waals surface area contributed by atoms with E-state index in [0.29, 0.717) is 53.3 Å². The molecule has 194 valence electrons. The highest BCUT2D eigenvalue weighted by Gasteiger charge is 2.43. The van der Waals surface area contributed by atoms with Crippen LogP contribution < -0.4 is 10.3 Å². The van der Waals surface area contributed by atoms with Gasteiger partial charge in [-0.3, -0.25) is 4.79 Å². The van der Waals surface area contributed by atoms with Crippen LogP contribution in [-0.4, -0.2) is 51.8 Å². The Morgan fingerprint density at radius 1 is 1.22 bits per heavy atom. The van der Waals surface area contributed by atoms with Crippen LogP contribution in [0.5, 0.6) is 5.75 Å². The number of aliphatic hydroxyl groups is 1. The Kier molecular flexibility index (Phi) is 6.27. The second kappa shape index (κ2) is 9.30. The maximum atomic E-state index is 13.6. The van der Waals surface area contributed by atoms with Gasteiger partial charge < -0.3 is 24.0 Å². The minimum absolute atomic E-state index is 0.0486. The molecule has 0 aliphatic carbocycles. The number of pyridine rings is 2. The Bertz CT molecular complexity index is 1490. The predicted octanol–water partition coefficient (Wildman–Crippen LogP) is 3.53. The second-order valence-electron chi connectivity index (χ2n) is 9.65. The summed E-state index contributed by atoms with van der Waals surface area (Å²) in [6, 6.07) is 7.12. The molecule has 1 amide bonds. The summed E-state index contributed by atoms with van der Waals surface area (Å²) in [5, 5.41) is 12.2. The maximum absolute atomic E-state index is 13.6. The third-order valence-electron chi connectivity index (χ3n) is 7.45. The van der Waals surface area contributed by atoms with Crippen LogP contribution in [0.2, 0.25) is 0 Å². The van der Waals surface area contributed by atoms with E-state index < -0.39 is 17.7 Å². The molecular weight excluding hydrogens is 474 g/mol. The molecule has 0 saturated carbocycles. The number of carbonyl (C=O) groups is 2. The first-order chi connectivity index (χ1) is 17.7. The first kappa shape index (κ1) is 25.0. The molecule has 2 aliphatic rings. The maximum Gasteiger partial charge on any atom is 0.414 e. The summed E-state index contributed by atoms with van der Waals surface area (Å²) in [6.07, 6.45) is 1.43. The van der Waals surface area contributed by atoms with E-state index in [1.807, 2.05) is 13.0 Å². The molecule has 1 N–H and O–H groups in total. The molecule has 0 unspecified atom stereocenters. The van der Waals surface area contributed by atoms with Gasteiger partial charge in [0.05, 0.1) is 30.1 Å². The fourth-order valence-electron chi connectivity index (χ4n) is 5.43. The highest BCUT2D eigenvalue weighted by Crippen LogP contribution is 2.40. The van der Waals surface area contributed by atoms with Gasteiger partial charge in [-0.2, -0.15) is 0 Å². The number of amides is 1. The molecule has 0 bridgehead atoms. The van der Waals surface area contributed by atoms with Crippen molar-refractivity contribution in [2.75, 3.05) is 20.2 Å². The van der Waals surface area contributed by atoms with Crippen molar-refractivity contribution in [3.8, 4) is 17.1 Å². The number of benzene rings is 1. The standard InChI is InChI=1S/C28H31N3O6/c1-5-11-30(4)27(34)37-16-8-9-18-17(6-2)20-15-31-23(24(20)29-22(18)13-16)14-21-19(25(31)32)10-12-36-26(33)28(21,35)7-3/h8-9,13-14,35H,5-7,10-12,15H2,1-4H3/t28-/m1/s1. The smallest absolute Gasteiger partial charge is 0.414 e. The van der Waals surface area contributed by atoms with Crippen molar-refractivity contribution in [2.24, 2.45) is 0 Å². The first-order valence-electron chi connectivity index (χ1n) is 12.8. The van der Waals surface area contributed by atoms with Gasteiger partial charge in [-0.25, -0.2) is 14.6 Å². The van der Waals surface area contributed by atoms with Crippen LogP contribution in [0.3, 0.4) is 0 Å². The highest BCUT2D eigenvalue weighted by molar-refractivity contribution is 5.90. The summed E-state index contributed by atoms with van der Waals surface area (Å²) in [6.45, 7) is 6.73. The fraction of sp³-hybridized carbons (Fsp3) is 0.429. The highest BCUT2D eigenvalue weighted by atomic mass is 16.6. The second-order valence-corrected chi connectivity index (χ2v) is 9.65. The third kappa shape index (κ3) is 3.89. The van der Waals surface area contributed by atoms with Gasteiger partial charge in [0.2, 0.25) is 0 Å². The van der Waals surface area contributed by atoms with Crippen LogP contribution in [0, 0.1) is 0 Å². The van der Waals surface area contributed by atoms with Crippen LogP contribution >= 0.6 is 0 Å². The topological polar surface area (TPSA) is 111 Å². The molecule has 0 saturated heterocycles. The molecule has 1 atom stereocenters. The molecular formula is C28H31N3O6. The molecule has 9 nitrogen and oxygen atoms in total. The van der Waals surface area contributed by atoms with E-state index in [4.69, 9.17) is 14.5 Å². The molecule has 0 fully saturated rings. The molecule has 9 heteroatoms. The average Bonchev–Trinajstić information content (AvgIpc) is 3.20. The van der Waals surface area contributed by atoms with Crippen molar-refractivity contribution in [2.45, 2.75) is 58.6 Å². The predicted molar refractivity (Wildman–Crippen MR) is 138 cm³/mol. The number of aryl methyl sites for hydroxylation is 1. The van der Waals surface area contributed by atoms with E-state index >= 15 is 0 Å². The zero-order chi connectivity index (χ0) is 26.5. The number of nitrogens with zero attached hydrogens (tertiary/aromatic N) is 3. The van der Waals surface area contributed by atoms with Gasteiger partial charge in [-0.15, -0.1) is 0 Å². The van der Waals surface area contributed by atoms with Gasteiger partial charge >= 0.3 is 12.1 Å². The number of ether oxygens (including phenoxy) is 2. The number of rotatable bonds is 5. The zero-order valence-electron chi connectivity index (χ0n) is 21.6. The summed E-state index contributed by atoms with van der Waals surface area (Å²) < 4.78 is 12.5. The third-order valence-corrected chi connectivity index (χ3v) is 7.45. The summed E-state index contributed by atoms with van der Waals surface area (Å²) in [4.78, 5) is 45.1. The Balaban J connectivity index is 1.67. The van der Waals surface area contributed by atoms with Crippen molar-refractivity contribution in [1.82, 2.24) is 14.5 Å². The first-order valence-corrected chi connectivity index (χ1v) is 12.8. The van der Waals surface area contributed by atoms with Gasteiger partial charge in [0.25, 0.3) is 5.56 Å². The van der Waals surface area contributed by atoms with E-state index in [2.05, 4.69) is 6.92 Å². The van der Waals surface area contributed by atoms with Crippen molar-refractivity contribution < 1.29 is 24.2 Å². The van der Waals surface area contributed by atoms with Crippen LogP contribution in [0.4, 0.5) is 4.79 Å². The number of fused-ring (bicyclic) bond motifs is 5. The minimum Gasteiger partial charge on any atom is -0.463 e. The van der Waals surface area contributed by atoms with Gasteiger partial charge in [-0.05, 0) is 43.0 Å². The van der Waals surface area contributed by atoms with Crippen LogP contribution in [0.25, 0.3) is 22.3 Å². The molecule has 0 radical (unpaired) electrons. The molecule has 3 aromatic rings. The van der Waals surface area contributed by atoms with Crippen LogP contribution in [-0.2, 0) is 34.5 Å². The lowest BCUT2D eigenvalue weighted by Crippen LogP contribution is -2.38. The number of hydrogen-bond acceptors (Lipinski definition) is 7. The summed E-state index contributed by atoms with van der Waals surface area (Å²) >= 11 is 0.